The van der Waals surface area contributed by atoms with Crippen LogP contribution in [0.15, 0.2) is 70.6 Å². The van der Waals surface area contributed by atoms with Crippen LogP contribution in [0.4, 0.5) is 0 Å². The van der Waals surface area contributed by atoms with Gasteiger partial charge in [0.15, 0.2) is 0 Å². The topological polar surface area (TPSA) is 90.9 Å². The maximum Gasteiger partial charge on any atom is 0.204 e. The van der Waals surface area contributed by atoms with Crippen molar-refractivity contribution in [1.29, 1.82) is 0 Å². The molecule has 126 valence electrons. The van der Waals surface area contributed by atoms with Crippen LogP contribution in [0.5, 0.6) is 17.2 Å². The van der Waals surface area contributed by atoms with Crippen molar-refractivity contribution >= 4 is 11.0 Å². The molecule has 0 aliphatic rings. The average molecular weight is 336 g/mol. The van der Waals surface area contributed by atoms with E-state index in [1.807, 2.05) is 0 Å². The summed E-state index contributed by atoms with van der Waals surface area (Å²) >= 11 is 0. The van der Waals surface area contributed by atoms with Gasteiger partial charge in [-0.25, -0.2) is 0 Å². The van der Waals surface area contributed by atoms with Crippen LogP contribution in [0.2, 0.25) is 0 Å². The lowest BCUT2D eigenvalue weighted by atomic mass is 9.98. The number of fused-ring (bicyclic) bond motifs is 1. The van der Waals surface area contributed by atoms with E-state index in [9.17, 15) is 20.1 Å². The summed E-state index contributed by atoms with van der Waals surface area (Å²) in [6.45, 7) is 7.46. The number of hydrogen-bond donors (Lipinski definition) is 3. The van der Waals surface area contributed by atoms with Crippen LogP contribution in [-0.2, 0) is 6.42 Å². The molecule has 1 aromatic heterocycles. The molecule has 0 radical (unpaired) electrons. The summed E-state index contributed by atoms with van der Waals surface area (Å²) in [4.78, 5) is 12.7. The number of phenols is 3. The first kappa shape index (κ1) is 16.4. The Morgan fingerprint density at radius 2 is 1.88 bits per heavy atom. The molecule has 0 aliphatic carbocycles. The van der Waals surface area contributed by atoms with Crippen molar-refractivity contribution in [2.75, 3.05) is 0 Å². The van der Waals surface area contributed by atoms with Crippen LogP contribution in [0, 0.1) is 0 Å². The van der Waals surface area contributed by atoms with Gasteiger partial charge in [0.25, 0.3) is 0 Å². The lowest BCUT2D eigenvalue weighted by molar-refractivity contribution is 0.452. The Kier molecular flexibility index (Phi) is 4.07. The molecule has 3 N–H and O–H groups in total. The van der Waals surface area contributed by atoms with Crippen molar-refractivity contribution in [2.24, 2.45) is 0 Å². The zero-order valence-electron chi connectivity index (χ0n) is 13.3. The summed E-state index contributed by atoms with van der Waals surface area (Å²) < 4.78 is 5.40. The van der Waals surface area contributed by atoms with E-state index in [1.165, 1.54) is 18.4 Å². The Morgan fingerprint density at radius 1 is 1.12 bits per heavy atom. The Labute approximate surface area is 143 Å². The van der Waals surface area contributed by atoms with Gasteiger partial charge in [0, 0.05) is 18.6 Å². The molecule has 0 atom stereocenters. The van der Waals surface area contributed by atoms with Crippen molar-refractivity contribution in [3.8, 4) is 28.4 Å². The normalized spacial score (nSPS) is 10.7. The highest BCUT2D eigenvalue weighted by atomic mass is 16.3. The van der Waals surface area contributed by atoms with Crippen LogP contribution in [0.3, 0.4) is 0 Å². The molecule has 0 spiro atoms. The van der Waals surface area contributed by atoms with Crippen LogP contribution >= 0.6 is 0 Å². The smallest absolute Gasteiger partial charge is 0.204 e. The minimum Gasteiger partial charge on any atom is -0.508 e. The first-order chi connectivity index (χ1) is 11.9. The van der Waals surface area contributed by atoms with E-state index >= 15 is 0 Å². The molecule has 0 bridgehead atoms. The zero-order chi connectivity index (χ0) is 18.1. The second-order valence-corrected chi connectivity index (χ2v) is 5.70. The van der Waals surface area contributed by atoms with Crippen molar-refractivity contribution in [3.63, 3.8) is 0 Å². The fourth-order valence-corrected chi connectivity index (χ4v) is 2.63. The number of allylic oxidation sites excluding steroid dienone is 2. The van der Waals surface area contributed by atoms with E-state index in [0.717, 1.165) is 11.6 Å². The van der Waals surface area contributed by atoms with E-state index in [1.54, 1.807) is 18.2 Å². The van der Waals surface area contributed by atoms with Crippen LogP contribution in [0.25, 0.3) is 22.1 Å². The molecule has 0 saturated heterocycles. The summed E-state index contributed by atoms with van der Waals surface area (Å²) in [6, 6.07) is 7.09. The highest BCUT2D eigenvalue weighted by Gasteiger charge is 2.15. The van der Waals surface area contributed by atoms with Crippen LogP contribution < -0.4 is 5.43 Å². The molecule has 2 aromatic carbocycles. The van der Waals surface area contributed by atoms with Gasteiger partial charge in [-0.05, 0) is 23.3 Å². The van der Waals surface area contributed by atoms with E-state index < -0.39 is 5.43 Å². The summed E-state index contributed by atoms with van der Waals surface area (Å²) in [5.74, 6) is -0.468. The van der Waals surface area contributed by atoms with E-state index in [0.29, 0.717) is 17.5 Å². The average Bonchev–Trinajstić information content (AvgIpc) is 2.56. The van der Waals surface area contributed by atoms with Crippen molar-refractivity contribution < 1.29 is 19.7 Å². The monoisotopic (exact) mass is 336 g/mol. The summed E-state index contributed by atoms with van der Waals surface area (Å²) in [6.07, 6.45) is 3.25. The van der Waals surface area contributed by atoms with Crippen molar-refractivity contribution in [3.05, 3.63) is 77.2 Å². The molecule has 1 heterocycles. The molecular weight excluding hydrogens is 320 g/mol. The molecule has 3 rings (SSSR count). The Morgan fingerprint density at radius 3 is 2.60 bits per heavy atom. The predicted molar refractivity (Wildman–Crippen MR) is 96.0 cm³/mol. The van der Waals surface area contributed by atoms with Crippen LogP contribution in [0.1, 0.15) is 5.56 Å². The third-order valence-corrected chi connectivity index (χ3v) is 3.94. The molecule has 0 unspecified atom stereocenters. The molecule has 0 amide bonds. The number of benzene rings is 2. The quantitative estimate of drug-likeness (QED) is 0.629. The molecule has 0 aliphatic heterocycles. The largest absolute Gasteiger partial charge is 0.508 e. The molecule has 3 aromatic rings. The molecule has 0 saturated carbocycles. The van der Waals surface area contributed by atoms with Gasteiger partial charge in [0.1, 0.15) is 34.5 Å². The maximum absolute atomic E-state index is 12.7. The summed E-state index contributed by atoms with van der Waals surface area (Å²) in [5, 5.41) is 29.5. The first-order valence-corrected chi connectivity index (χ1v) is 7.50. The van der Waals surface area contributed by atoms with Gasteiger partial charge in [-0.15, -0.1) is 0 Å². The van der Waals surface area contributed by atoms with Gasteiger partial charge >= 0.3 is 0 Å². The van der Waals surface area contributed by atoms with Gasteiger partial charge in [-0.3, -0.25) is 4.79 Å². The van der Waals surface area contributed by atoms with Gasteiger partial charge in [-0.2, -0.15) is 0 Å². The third-order valence-electron chi connectivity index (χ3n) is 3.94. The molecule has 5 heteroatoms. The maximum atomic E-state index is 12.7. The predicted octanol–water partition coefficient (Wildman–Crippen LogP) is 3.86. The standard InChI is InChI=1S/C20H16O5/c1-3-11(2)6-13-7-12(4-5-16(13)22)15-10-25-18-9-14(21)8-17(23)19(18)20(15)24/h3-5,7-10,21-23H,1-2,6H2. The van der Waals surface area contributed by atoms with Crippen molar-refractivity contribution in [2.45, 2.75) is 6.42 Å². The minimum atomic E-state index is -0.432. The second-order valence-electron chi connectivity index (χ2n) is 5.70. The van der Waals surface area contributed by atoms with Crippen molar-refractivity contribution in [1.82, 2.24) is 0 Å². The molecular formula is C20H16O5. The fraction of sp³-hybridized carbons (Fsp3) is 0.0500. The number of phenolic OH excluding ortho intramolecular Hbond substituents is 3. The SMILES string of the molecule is C=CC(=C)Cc1cc(-c2coc3cc(O)cc(O)c3c2=O)ccc1O. The molecule has 0 fully saturated rings. The molecule has 25 heavy (non-hydrogen) atoms. The van der Waals surface area contributed by atoms with Gasteiger partial charge < -0.3 is 19.7 Å². The lowest BCUT2D eigenvalue weighted by Crippen LogP contribution is -2.05. The second kappa shape index (κ2) is 6.20. The van der Waals surface area contributed by atoms with Gasteiger partial charge in [0.05, 0.1) is 5.56 Å². The highest BCUT2D eigenvalue weighted by Crippen LogP contribution is 2.31. The zero-order valence-corrected chi connectivity index (χ0v) is 13.3. The lowest BCUT2D eigenvalue weighted by Gasteiger charge is -2.09. The number of hydrogen-bond acceptors (Lipinski definition) is 5. The van der Waals surface area contributed by atoms with E-state index in [-0.39, 0.29) is 33.8 Å². The summed E-state index contributed by atoms with van der Waals surface area (Å²) in [5.41, 5.74) is 1.75. The fourth-order valence-electron chi connectivity index (χ4n) is 2.63. The Hall–Kier alpha value is -3.47. The number of aromatic hydroxyl groups is 3. The Bertz CT molecular complexity index is 1060. The third kappa shape index (κ3) is 2.99. The summed E-state index contributed by atoms with van der Waals surface area (Å²) in [7, 11) is 0. The van der Waals surface area contributed by atoms with Gasteiger partial charge in [0.2, 0.25) is 5.43 Å². The Balaban J connectivity index is 2.18. The van der Waals surface area contributed by atoms with E-state index in [4.69, 9.17) is 4.42 Å². The highest BCUT2D eigenvalue weighted by molar-refractivity contribution is 5.88. The minimum absolute atomic E-state index is 0.0135. The first-order valence-electron chi connectivity index (χ1n) is 7.50. The van der Waals surface area contributed by atoms with Gasteiger partial charge in [-0.1, -0.05) is 30.9 Å². The van der Waals surface area contributed by atoms with Crippen LogP contribution in [-0.4, -0.2) is 15.3 Å². The number of rotatable bonds is 4. The molecule has 5 nitrogen and oxygen atoms in total. The van der Waals surface area contributed by atoms with E-state index in [2.05, 4.69) is 13.2 Å².